The van der Waals surface area contributed by atoms with Crippen LogP contribution in [0.3, 0.4) is 0 Å². The van der Waals surface area contributed by atoms with Crippen LogP contribution in [0.5, 0.6) is 0 Å². The highest BCUT2D eigenvalue weighted by Gasteiger charge is 2.31. The van der Waals surface area contributed by atoms with Gasteiger partial charge < -0.3 is 5.11 Å². The van der Waals surface area contributed by atoms with Gasteiger partial charge in [0.15, 0.2) is 0 Å². The smallest absolute Gasteiger partial charge is 0.0571 e. The van der Waals surface area contributed by atoms with Crippen molar-refractivity contribution in [2.24, 2.45) is 11.8 Å². The molecular weight excluding hydrogens is 168 g/mol. The van der Waals surface area contributed by atoms with Gasteiger partial charge in [0, 0.05) is 0 Å². The van der Waals surface area contributed by atoms with Crippen molar-refractivity contribution in [2.45, 2.75) is 38.2 Å². The van der Waals surface area contributed by atoms with Gasteiger partial charge in [0.25, 0.3) is 0 Å². The molecule has 2 heteroatoms. The minimum Gasteiger partial charge on any atom is -0.393 e. The van der Waals surface area contributed by atoms with Crippen LogP contribution in [0.4, 0.5) is 0 Å². The number of hydrogen-bond acceptors (Lipinski definition) is 2. The van der Waals surface area contributed by atoms with Crippen molar-refractivity contribution in [3.05, 3.63) is 0 Å². The number of rotatable bonds is 3. The van der Waals surface area contributed by atoms with E-state index in [9.17, 15) is 5.11 Å². The normalized spacial score (nSPS) is 28.8. The van der Waals surface area contributed by atoms with Crippen LogP contribution in [-0.4, -0.2) is 22.7 Å². The Kier molecular flexibility index (Phi) is 2.97. The summed E-state index contributed by atoms with van der Waals surface area (Å²) in [5, 5.41) is 9.73. The minimum absolute atomic E-state index is 0.0399. The Labute approximate surface area is 78.9 Å². The van der Waals surface area contributed by atoms with E-state index in [1.54, 1.807) is 0 Å². The summed E-state index contributed by atoms with van der Waals surface area (Å²) >= 11 is 2.07. The largest absolute Gasteiger partial charge is 0.393 e. The average Bonchev–Trinajstić information content (AvgIpc) is 2.88. The van der Waals surface area contributed by atoms with E-state index in [2.05, 4.69) is 11.8 Å². The molecule has 0 radical (unpaired) electrons. The molecule has 1 atom stereocenters. The SMILES string of the molecule is OC(CC1CCSCC1)C1CC1. The second kappa shape index (κ2) is 4.01. The lowest BCUT2D eigenvalue weighted by atomic mass is 9.94. The Balaban J connectivity index is 1.69. The van der Waals surface area contributed by atoms with Gasteiger partial charge >= 0.3 is 0 Å². The first-order valence-electron chi connectivity index (χ1n) is 5.12. The molecule has 2 rings (SSSR count). The molecular formula is C10H18OS. The Morgan fingerprint density at radius 2 is 1.83 bits per heavy atom. The molecule has 70 valence electrons. The van der Waals surface area contributed by atoms with Crippen LogP contribution in [0, 0.1) is 11.8 Å². The van der Waals surface area contributed by atoms with E-state index in [4.69, 9.17) is 0 Å². The average molecular weight is 186 g/mol. The third kappa shape index (κ3) is 2.40. The predicted molar refractivity (Wildman–Crippen MR) is 53.4 cm³/mol. The standard InChI is InChI=1S/C10H18OS/c11-10(9-1-2-9)7-8-3-5-12-6-4-8/h8-11H,1-7H2. The van der Waals surface area contributed by atoms with Crippen LogP contribution in [0.2, 0.25) is 0 Å². The van der Waals surface area contributed by atoms with Gasteiger partial charge in [0.1, 0.15) is 0 Å². The van der Waals surface area contributed by atoms with Crippen molar-refractivity contribution in [3.63, 3.8) is 0 Å². The zero-order chi connectivity index (χ0) is 8.39. The molecule has 12 heavy (non-hydrogen) atoms. The van der Waals surface area contributed by atoms with E-state index < -0.39 is 0 Å². The van der Waals surface area contributed by atoms with Crippen molar-refractivity contribution in [3.8, 4) is 0 Å². The van der Waals surface area contributed by atoms with Crippen LogP contribution >= 0.6 is 11.8 Å². The van der Waals surface area contributed by atoms with Gasteiger partial charge in [-0.2, -0.15) is 11.8 Å². The van der Waals surface area contributed by atoms with Crippen molar-refractivity contribution < 1.29 is 5.11 Å². The molecule has 1 saturated carbocycles. The molecule has 2 fully saturated rings. The molecule has 0 bridgehead atoms. The van der Waals surface area contributed by atoms with E-state index in [0.29, 0.717) is 5.92 Å². The van der Waals surface area contributed by atoms with Crippen molar-refractivity contribution in [1.29, 1.82) is 0 Å². The third-order valence-electron chi connectivity index (χ3n) is 3.08. The summed E-state index contributed by atoms with van der Waals surface area (Å²) in [7, 11) is 0. The van der Waals surface area contributed by atoms with Crippen LogP contribution in [0.15, 0.2) is 0 Å². The Morgan fingerprint density at radius 1 is 1.17 bits per heavy atom. The molecule has 1 unspecified atom stereocenters. The molecule has 1 N–H and O–H groups in total. The molecule has 1 aliphatic carbocycles. The number of aliphatic hydroxyl groups is 1. The van der Waals surface area contributed by atoms with Crippen molar-refractivity contribution >= 4 is 11.8 Å². The van der Waals surface area contributed by atoms with Gasteiger partial charge in [0.2, 0.25) is 0 Å². The number of hydrogen-bond donors (Lipinski definition) is 1. The van der Waals surface area contributed by atoms with Crippen LogP contribution in [0.25, 0.3) is 0 Å². The Morgan fingerprint density at radius 3 is 2.42 bits per heavy atom. The summed E-state index contributed by atoms with van der Waals surface area (Å²) < 4.78 is 0. The Bertz CT molecular complexity index is 139. The van der Waals surface area contributed by atoms with Gasteiger partial charge in [-0.25, -0.2) is 0 Å². The maximum Gasteiger partial charge on any atom is 0.0571 e. The van der Waals surface area contributed by atoms with Crippen LogP contribution in [0.1, 0.15) is 32.1 Å². The van der Waals surface area contributed by atoms with Gasteiger partial charge in [-0.05, 0) is 55.4 Å². The van der Waals surface area contributed by atoms with Crippen LogP contribution < -0.4 is 0 Å². The van der Waals surface area contributed by atoms with Gasteiger partial charge in [-0.3, -0.25) is 0 Å². The summed E-state index contributed by atoms with van der Waals surface area (Å²) in [6.45, 7) is 0. The highest BCUT2D eigenvalue weighted by Crippen LogP contribution is 2.37. The maximum absolute atomic E-state index is 9.73. The fourth-order valence-corrected chi connectivity index (χ4v) is 3.20. The molecule has 1 nitrogen and oxygen atoms in total. The first kappa shape index (κ1) is 8.89. The molecule has 1 heterocycles. The molecule has 2 aliphatic rings. The van der Waals surface area contributed by atoms with Crippen molar-refractivity contribution in [1.82, 2.24) is 0 Å². The maximum atomic E-state index is 9.73. The Hall–Kier alpha value is 0.310. The fraction of sp³-hybridized carbons (Fsp3) is 1.00. The predicted octanol–water partition coefficient (Wildman–Crippen LogP) is 2.29. The second-order valence-electron chi connectivity index (χ2n) is 4.20. The number of aliphatic hydroxyl groups excluding tert-OH is 1. The number of thioether (sulfide) groups is 1. The van der Waals surface area contributed by atoms with E-state index in [-0.39, 0.29) is 6.10 Å². The topological polar surface area (TPSA) is 20.2 Å². The molecule has 0 aromatic heterocycles. The quantitative estimate of drug-likeness (QED) is 0.730. The molecule has 0 amide bonds. The molecule has 0 aromatic rings. The molecule has 0 aromatic carbocycles. The first-order valence-corrected chi connectivity index (χ1v) is 6.27. The summed E-state index contributed by atoms with van der Waals surface area (Å²) in [4.78, 5) is 0. The monoisotopic (exact) mass is 186 g/mol. The summed E-state index contributed by atoms with van der Waals surface area (Å²) in [5.74, 6) is 4.16. The van der Waals surface area contributed by atoms with Crippen molar-refractivity contribution in [2.75, 3.05) is 11.5 Å². The minimum atomic E-state index is 0.0399. The van der Waals surface area contributed by atoms with E-state index >= 15 is 0 Å². The van der Waals surface area contributed by atoms with Gasteiger partial charge in [-0.1, -0.05) is 0 Å². The molecule has 1 saturated heterocycles. The molecule has 1 aliphatic heterocycles. The first-order chi connectivity index (χ1) is 5.86. The zero-order valence-electron chi connectivity index (χ0n) is 7.54. The highest BCUT2D eigenvalue weighted by molar-refractivity contribution is 7.99. The van der Waals surface area contributed by atoms with E-state index in [1.165, 1.54) is 37.2 Å². The lowest BCUT2D eigenvalue weighted by Crippen LogP contribution is -2.19. The summed E-state index contributed by atoms with van der Waals surface area (Å²) in [6.07, 6.45) is 6.37. The third-order valence-corrected chi connectivity index (χ3v) is 4.13. The second-order valence-corrected chi connectivity index (χ2v) is 5.42. The highest BCUT2D eigenvalue weighted by atomic mass is 32.2. The lowest BCUT2D eigenvalue weighted by Gasteiger charge is -2.23. The summed E-state index contributed by atoms with van der Waals surface area (Å²) in [5.41, 5.74) is 0. The van der Waals surface area contributed by atoms with E-state index in [0.717, 1.165) is 12.3 Å². The molecule has 0 spiro atoms. The van der Waals surface area contributed by atoms with Gasteiger partial charge in [-0.15, -0.1) is 0 Å². The van der Waals surface area contributed by atoms with E-state index in [1.807, 2.05) is 0 Å². The fourth-order valence-electron chi connectivity index (χ4n) is 2.00. The zero-order valence-corrected chi connectivity index (χ0v) is 8.35. The summed E-state index contributed by atoms with van der Waals surface area (Å²) in [6, 6.07) is 0. The lowest BCUT2D eigenvalue weighted by molar-refractivity contribution is 0.118. The van der Waals surface area contributed by atoms with Crippen LogP contribution in [-0.2, 0) is 0 Å². The van der Waals surface area contributed by atoms with Gasteiger partial charge in [0.05, 0.1) is 6.10 Å².